The quantitative estimate of drug-likeness (QED) is 0.168. The number of nitrogens with zero attached hydrogens (tertiary/aromatic N) is 4. The van der Waals surface area contributed by atoms with Crippen LogP contribution >= 0.6 is 11.6 Å². The number of halogens is 1. The number of carbonyl (C=O) groups is 2. The van der Waals surface area contributed by atoms with Crippen LogP contribution in [0.15, 0.2) is 6.33 Å². The molecule has 3 heterocycles. The second-order valence-electron chi connectivity index (χ2n) is 12.7. The molecule has 0 aromatic carbocycles. The molecule has 0 radical (unpaired) electrons. The number of anilines is 1. The van der Waals surface area contributed by atoms with Crippen LogP contribution in [0.5, 0.6) is 0 Å². The van der Waals surface area contributed by atoms with Crippen molar-refractivity contribution in [3.05, 3.63) is 11.6 Å². The number of carbonyl (C=O) groups excluding carboxylic acids is 2. The van der Waals surface area contributed by atoms with Crippen molar-refractivity contribution < 1.29 is 24.2 Å². The summed E-state index contributed by atoms with van der Waals surface area (Å²) in [7, 11) is 0. The molecule has 3 aliphatic rings. The second-order valence-corrected chi connectivity index (χ2v) is 13.0. The zero-order valence-corrected chi connectivity index (χ0v) is 25.8. The number of amides is 1. The lowest BCUT2D eigenvalue weighted by atomic mass is 9.69. The van der Waals surface area contributed by atoms with Crippen molar-refractivity contribution in [3.63, 3.8) is 0 Å². The number of nitrogens with one attached hydrogen (secondary N) is 1. The van der Waals surface area contributed by atoms with Gasteiger partial charge in [0.15, 0.2) is 17.0 Å². The molecule has 5 rings (SSSR count). The van der Waals surface area contributed by atoms with Gasteiger partial charge in [-0.15, -0.1) is 0 Å². The molecule has 2 N–H and O–H groups in total. The minimum absolute atomic E-state index is 0.0107. The SMILES string of the molecule is CCCCCCCC(=O)Nc1nc(Cl)nc2c1ncn2C1CO[C@H](COC(=O)C2CCC3(CCCC3)CC2)[C@]1(O)CC. The Bertz CT molecular complexity index is 1240. The average Bonchev–Trinajstić information content (AvgIpc) is 3.69. The lowest BCUT2D eigenvalue weighted by Crippen LogP contribution is -2.46. The smallest absolute Gasteiger partial charge is 0.309 e. The van der Waals surface area contributed by atoms with Crippen LogP contribution in [0.25, 0.3) is 11.2 Å². The molecular formula is C31H46ClN5O5. The molecule has 1 spiro atoms. The average molecular weight is 604 g/mol. The number of esters is 1. The van der Waals surface area contributed by atoms with Gasteiger partial charge in [0.1, 0.15) is 18.3 Å². The van der Waals surface area contributed by atoms with Gasteiger partial charge in [-0.3, -0.25) is 9.59 Å². The fourth-order valence-corrected chi connectivity index (χ4v) is 7.51. The molecule has 0 bridgehead atoms. The minimum Gasteiger partial charge on any atom is -0.463 e. The lowest BCUT2D eigenvalue weighted by Gasteiger charge is -2.36. The molecule has 2 saturated carbocycles. The third-order valence-corrected chi connectivity index (χ3v) is 10.2. The molecule has 1 aliphatic heterocycles. The van der Waals surface area contributed by atoms with Gasteiger partial charge in [-0.2, -0.15) is 9.97 Å². The van der Waals surface area contributed by atoms with Gasteiger partial charge in [0, 0.05) is 6.42 Å². The maximum Gasteiger partial charge on any atom is 0.309 e. The topological polar surface area (TPSA) is 128 Å². The predicted molar refractivity (Wildman–Crippen MR) is 160 cm³/mol. The molecule has 3 fully saturated rings. The number of aliphatic hydroxyl groups is 1. The van der Waals surface area contributed by atoms with E-state index < -0.39 is 17.7 Å². The highest BCUT2D eigenvalue weighted by atomic mass is 35.5. The van der Waals surface area contributed by atoms with E-state index in [9.17, 15) is 14.7 Å². The molecule has 10 nitrogen and oxygen atoms in total. The van der Waals surface area contributed by atoms with Crippen LogP contribution < -0.4 is 5.32 Å². The molecule has 11 heteroatoms. The first-order chi connectivity index (χ1) is 20.3. The molecule has 2 aromatic rings. The first-order valence-electron chi connectivity index (χ1n) is 16.0. The lowest BCUT2D eigenvalue weighted by molar-refractivity contribution is -0.158. The van der Waals surface area contributed by atoms with Crippen LogP contribution in [-0.4, -0.2) is 61.4 Å². The summed E-state index contributed by atoms with van der Waals surface area (Å²) >= 11 is 6.27. The number of unbranched alkanes of at least 4 members (excludes halogenated alkanes) is 4. The number of fused-ring (bicyclic) bond motifs is 1. The van der Waals surface area contributed by atoms with E-state index in [0.717, 1.165) is 51.4 Å². The van der Waals surface area contributed by atoms with Crippen molar-refractivity contribution >= 4 is 40.5 Å². The van der Waals surface area contributed by atoms with E-state index >= 15 is 0 Å². The highest BCUT2D eigenvalue weighted by molar-refractivity contribution is 6.28. The highest BCUT2D eigenvalue weighted by Gasteiger charge is 2.51. The molecule has 1 saturated heterocycles. The van der Waals surface area contributed by atoms with Crippen molar-refractivity contribution in [2.75, 3.05) is 18.5 Å². The van der Waals surface area contributed by atoms with Crippen molar-refractivity contribution in [1.29, 1.82) is 0 Å². The summed E-state index contributed by atoms with van der Waals surface area (Å²) < 4.78 is 13.5. The molecular weight excluding hydrogens is 558 g/mol. The normalized spacial score (nSPS) is 25.8. The Hall–Kier alpha value is -2.30. The van der Waals surface area contributed by atoms with Gasteiger partial charge >= 0.3 is 5.97 Å². The summed E-state index contributed by atoms with van der Waals surface area (Å²) in [6, 6.07) is -0.541. The number of rotatable bonds is 12. The van der Waals surface area contributed by atoms with E-state index in [1.54, 1.807) is 10.9 Å². The number of ether oxygens (including phenoxy) is 2. The molecule has 42 heavy (non-hydrogen) atoms. The third-order valence-electron chi connectivity index (χ3n) is 10.1. The van der Waals surface area contributed by atoms with Gasteiger partial charge in [-0.25, -0.2) is 4.98 Å². The molecule has 1 unspecified atom stereocenters. The fraction of sp³-hybridized carbons (Fsp3) is 0.774. The molecule has 2 aromatic heterocycles. The van der Waals surface area contributed by atoms with Crippen molar-refractivity contribution in [2.45, 2.75) is 128 Å². The maximum absolute atomic E-state index is 13.0. The van der Waals surface area contributed by atoms with E-state index in [4.69, 9.17) is 21.1 Å². The largest absolute Gasteiger partial charge is 0.463 e. The Kier molecular flexibility index (Phi) is 10.0. The Morgan fingerprint density at radius 3 is 2.57 bits per heavy atom. The first kappa shape index (κ1) is 31.1. The molecule has 3 atom stereocenters. The van der Waals surface area contributed by atoms with Gasteiger partial charge in [-0.05, 0) is 68.4 Å². The van der Waals surface area contributed by atoms with Crippen LogP contribution in [0.2, 0.25) is 5.28 Å². The second kappa shape index (κ2) is 13.6. The van der Waals surface area contributed by atoms with Crippen molar-refractivity contribution in [3.8, 4) is 0 Å². The summed E-state index contributed by atoms with van der Waals surface area (Å²) in [5.74, 6) is -0.167. The van der Waals surface area contributed by atoms with E-state index in [1.807, 2.05) is 6.92 Å². The predicted octanol–water partition coefficient (Wildman–Crippen LogP) is 6.15. The Balaban J connectivity index is 1.22. The Morgan fingerprint density at radius 2 is 1.86 bits per heavy atom. The summed E-state index contributed by atoms with van der Waals surface area (Å²) in [6.45, 7) is 4.21. The van der Waals surface area contributed by atoms with E-state index in [1.165, 1.54) is 32.1 Å². The maximum atomic E-state index is 13.0. The number of aromatic nitrogens is 4. The van der Waals surface area contributed by atoms with Gasteiger partial charge in [0.05, 0.1) is 24.9 Å². The van der Waals surface area contributed by atoms with Gasteiger partial charge < -0.3 is 24.5 Å². The zero-order chi connectivity index (χ0) is 29.7. The Labute approximate surface area is 253 Å². The summed E-state index contributed by atoms with van der Waals surface area (Å²) in [4.78, 5) is 38.7. The van der Waals surface area contributed by atoms with E-state index in [2.05, 4.69) is 27.2 Å². The highest BCUT2D eigenvalue weighted by Crippen LogP contribution is 2.50. The van der Waals surface area contributed by atoms with Crippen LogP contribution in [0.1, 0.15) is 116 Å². The van der Waals surface area contributed by atoms with Crippen molar-refractivity contribution in [2.24, 2.45) is 11.3 Å². The first-order valence-corrected chi connectivity index (χ1v) is 16.4. The van der Waals surface area contributed by atoms with Gasteiger partial charge in [0.25, 0.3) is 0 Å². The minimum atomic E-state index is -1.33. The Morgan fingerprint density at radius 1 is 1.12 bits per heavy atom. The fourth-order valence-electron chi connectivity index (χ4n) is 7.34. The van der Waals surface area contributed by atoms with Gasteiger partial charge in [0.2, 0.25) is 11.2 Å². The summed E-state index contributed by atoms with van der Waals surface area (Å²) in [5.41, 5.74) is -0.0788. The molecule has 1 amide bonds. The molecule has 2 aliphatic carbocycles. The van der Waals surface area contributed by atoms with Crippen LogP contribution in [0.3, 0.4) is 0 Å². The van der Waals surface area contributed by atoms with Gasteiger partial charge in [-0.1, -0.05) is 52.4 Å². The van der Waals surface area contributed by atoms with E-state index in [0.29, 0.717) is 29.4 Å². The van der Waals surface area contributed by atoms with Crippen molar-refractivity contribution in [1.82, 2.24) is 19.5 Å². The molecule has 232 valence electrons. The van der Waals surface area contributed by atoms with Crippen LogP contribution in [-0.2, 0) is 19.1 Å². The third kappa shape index (κ3) is 6.60. The zero-order valence-electron chi connectivity index (χ0n) is 25.1. The monoisotopic (exact) mass is 603 g/mol. The number of hydrogen-bond acceptors (Lipinski definition) is 8. The number of imidazole rings is 1. The van der Waals surface area contributed by atoms with Crippen LogP contribution in [0, 0.1) is 11.3 Å². The van der Waals surface area contributed by atoms with Crippen LogP contribution in [0.4, 0.5) is 5.82 Å². The van der Waals surface area contributed by atoms with E-state index in [-0.39, 0.29) is 42.1 Å². The summed E-state index contributed by atoms with van der Waals surface area (Å²) in [6.07, 6.45) is 16.1. The summed E-state index contributed by atoms with van der Waals surface area (Å²) in [5, 5.41) is 14.7. The number of hydrogen-bond donors (Lipinski definition) is 2. The standard InChI is InChI=1S/C31H46ClN5O5/c1-3-5-6-7-8-11-24(38)34-26-25-27(36-29(32)35-26)37(20-33-25)22-18-41-23(31(22,40)4-2)19-42-28(39)21-12-16-30(17-13-21)14-9-10-15-30/h20-23,40H,3-19H2,1-2H3,(H,34,35,36,38)/t22?,23-,31+/m1/s1.